The molecule has 0 amide bonds. The second-order valence-corrected chi connectivity index (χ2v) is 6.39. The van der Waals surface area contributed by atoms with Gasteiger partial charge in [0.05, 0.1) is 0 Å². The summed E-state index contributed by atoms with van der Waals surface area (Å²) < 4.78 is 13.4. The fourth-order valence-corrected chi connectivity index (χ4v) is 3.37. The SMILES string of the molecule is Cc1cc(-c2[nH]c3cc(-c4ccnc(F)c4)ccc3c2C)cc(C)n1. The van der Waals surface area contributed by atoms with E-state index in [1.54, 1.807) is 0 Å². The molecule has 1 aromatic carbocycles. The zero-order valence-corrected chi connectivity index (χ0v) is 14.4. The third-order valence-corrected chi connectivity index (χ3v) is 4.49. The Bertz CT molecular complexity index is 1080. The second kappa shape index (κ2) is 5.81. The minimum absolute atomic E-state index is 0.469. The van der Waals surface area contributed by atoms with E-state index in [4.69, 9.17) is 0 Å². The van der Waals surface area contributed by atoms with Gasteiger partial charge >= 0.3 is 0 Å². The number of aryl methyl sites for hydroxylation is 3. The van der Waals surface area contributed by atoms with Crippen LogP contribution in [-0.4, -0.2) is 15.0 Å². The number of benzene rings is 1. The van der Waals surface area contributed by atoms with Crippen molar-refractivity contribution in [3.05, 3.63) is 71.6 Å². The maximum absolute atomic E-state index is 13.4. The van der Waals surface area contributed by atoms with Crippen LogP contribution in [0.3, 0.4) is 0 Å². The van der Waals surface area contributed by atoms with Crippen LogP contribution >= 0.6 is 0 Å². The van der Waals surface area contributed by atoms with Crippen molar-refractivity contribution in [3.8, 4) is 22.4 Å². The zero-order valence-electron chi connectivity index (χ0n) is 14.4. The number of halogens is 1. The van der Waals surface area contributed by atoms with E-state index in [1.165, 1.54) is 23.2 Å². The van der Waals surface area contributed by atoms with Crippen molar-refractivity contribution in [3.63, 3.8) is 0 Å². The third-order valence-electron chi connectivity index (χ3n) is 4.49. The molecular weight excluding hydrogens is 313 g/mol. The summed E-state index contributed by atoms with van der Waals surface area (Å²) in [4.78, 5) is 11.6. The van der Waals surface area contributed by atoms with Crippen LogP contribution in [0, 0.1) is 26.7 Å². The average molecular weight is 331 g/mol. The normalized spacial score (nSPS) is 11.2. The minimum atomic E-state index is -0.469. The van der Waals surface area contributed by atoms with Crippen molar-refractivity contribution in [2.45, 2.75) is 20.8 Å². The number of fused-ring (bicyclic) bond motifs is 1. The Labute approximate surface area is 145 Å². The highest BCUT2D eigenvalue weighted by Crippen LogP contribution is 2.32. The van der Waals surface area contributed by atoms with Gasteiger partial charge in [-0.2, -0.15) is 4.39 Å². The van der Waals surface area contributed by atoms with Crippen LogP contribution in [0.25, 0.3) is 33.3 Å². The van der Waals surface area contributed by atoms with E-state index in [0.29, 0.717) is 0 Å². The molecule has 3 nitrogen and oxygen atoms in total. The summed E-state index contributed by atoms with van der Waals surface area (Å²) in [5.41, 5.74) is 8.25. The number of H-pyrrole nitrogens is 1. The maximum atomic E-state index is 13.4. The van der Waals surface area contributed by atoms with Gasteiger partial charge in [0.2, 0.25) is 5.95 Å². The quantitative estimate of drug-likeness (QED) is 0.503. The number of hydrogen-bond acceptors (Lipinski definition) is 2. The molecule has 124 valence electrons. The second-order valence-electron chi connectivity index (χ2n) is 6.39. The van der Waals surface area contributed by atoms with Gasteiger partial charge in [-0.1, -0.05) is 12.1 Å². The molecule has 0 radical (unpaired) electrons. The van der Waals surface area contributed by atoms with Crippen LogP contribution in [0.1, 0.15) is 17.0 Å². The summed E-state index contributed by atoms with van der Waals surface area (Å²) in [6, 6.07) is 13.6. The van der Waals surface area contributed by atoms with Gasteiger partial charge in [0.15, 0.2) is 0 Å². The Hall–Kier alpha value is -3.01. The predicted molar refractivity (Wildman–Crippen MR) is 98.9 cm³/mol. The molecule has 1 N–H and O–H groups in total. The molecule has 0 saturated carbocycles. The molecule has 0 spiro atoms. The smallest absolute Gasteiger partial charge is 0.213 e. The molecule has 4 heteroatoms. The summed E-state index contributed by atoms with van der Waals surface area (Å²) >= 11 is 0. The number of nitrogens with zero attached hydrogens (tertiary/aromatic N) is 2. The number of pyridine rings is 2. The van der Waals surface area contributed by atoms with Crippen molar-refractivity contribution in [1.29, 1.82) is 0 Å². The van der Waals surface area contributed by atoms with Crippen molar-refractivity contribution < 1.29 is 4.39 Å². The van der Waals surface area contributed by atoms with Crippen LogP contribution < -0.4 is 0 Å². The number of aromatic amines is 1. The van der Waals surface area contributed by atoms with Gasteiger partial charge in [-0.05, 0) is 61.7 Å². The molecule has 3 heterocycles. The predicted octanol–water partition coefficient (Wildman–Crippen LogP) is 5.36. The lowest BCUT2D eigenvalue weighted by atomic mass is 10.0. The standard InChI is InChI=1S/C21H18FN3/c1-12-8-17(9-13(2)24-12)21-14(3)18-5-4-15(10-19(18)25-21)16-6-7-23-20(22)11-16/h4-11,25H,1-3H3. The molecule has 4 rings (SSSR count). The number of aromatic nitrogens is 3. The lowest BCUT2D eigenvalue weighted by Crippen LogP contribution is -1.89. The van der Waals surface area contributed by atoms with Gasteiger partial charge in [0, 0.05) is 45.8 Å². The molecule has 0 aliphatic heterocycles. The highest BCUT2D eigenvalue weighted by molar-refractivity contribution is 5.93. The van der Waals surface area contributed by atoms with Crippen LogP contribution in [0.4, 0.5) is 4.39 Å². The highest BCUT2D eigenvalue weighted by atomic mass is 19.1. The van der Waals surface area contributed by atoms with E-state index in [1.807, 2.05) is 26.0 Å². The molecular formula is C21H18FN3. The molecule has 0 aliphatic rings. The maximum Gasteiger partial charge on any atom is 0.213 e. The molecule has 4 aromatic rings. The summed E-state index contributed by atoms with van der Waals surface area (Å²) in [6.45, 7) is 6.13. The molecule has 0 saturated heterocycles. The van der Waals surface area contributed by atoms with E-state index >= 15 is 0 Å². The molecule has 0 unspecified atom stereocenters. The van der Waals surface area contributed by atoms with Crippen molar-refractivity contribution in [2.75, 3.05) is 0 Å². The van der Waals surface area contributed by atoms with E-state index in [-0.39, 0.29) is 0 Å². The average Bonchev–Trinajstić information content (AvgIpc) is 2.90. The van der Waals surface area contributed by atoms with Crippen LogP contribution in [0.5, 0.6) is 0 Å². The molecule has 0 atom stereocenters. The molecule has 0 fully saturated rings. The van der Waals surface area contributed by atoms with Gasteiger partial charge in [-0.3, -0.25) is 4.98 Å². The Kier molecular flexibility index (Phi) is 3.61. The fourth-order valence-electron chi connectivity index (χ4n) is 3.37. The van der Waals surface area contributed by atoms with E-state index < -0.39 is 5.95 Å². The van der Waals surface area contributed by atoms with Crippen molar-refractivity contribution in [1.82, 2.24) is 15.0 Å². The number of hydrogen-bond donors (Lipinski definition) is 1. The number of rotatable bonds is 2. The van der Waals surface area contributed by atoms with Gasteiger partial charge in [-0.25, -0.2) is 4.98 Å². The topological polar surface area (TPSA) is 41.6 Å². The van der Waals surface area contributed by atoms with Crippen molar-refractivity contribution in [2.24, 2.45) is 0 Å². The summed E-state index contributed by atoms with van der Waals surface area (Å²) in [6.07, 6.45) is 1.49. The van der Waals surface area contributed by atoms with Crippen molar-refractivity contribution >= 4 is 10.9 Å². The molecule has 25 heavy (non-hydrogen) atoms. The summed E-state index contributed by atoms with van der Waals surface area (Å²) in [7, 11) is 0. The summed E-state index contributed by atoms with van der Waals surface area (Å²) in [5, 5.41) is 1.17. The van der Waals surface area contributed by atoms with Crippen LogP contribution in [0.15, 0.2) is 48.7 Å². The Balaban J connectivity index is 1.87. The van der Waals surface area contributed by atoms with Gasteiger partial charge in [-0.15, -0.1) is 0 Å². The first-order chi connectivity index (χ1) is 12.0. The summed E-state index contributed by atoms with van der Waals surface area (Å²) in [5.74, 6) is -0.469. The molecule has 0 bridgehead atoms. The van der Waals surface area contributed by atoms with Gasteiger partial charge in [0.1, 0.15) is 0 Å². The third kappa shape index (κ3) is 2.80. The monoisotopic (exact) mass is 331 g/mol. The number of nitrogens with one attached hydrogen (secondary N) is 1. The first-order valence-electron chi connectivity index (χ1n) is 8.21. The highest BCUT2D eigenvalue weighted by Gasteiger charge is 2.12. The Morgan fingerprint density at radius 3 is 2.28 bits per heavy atom. The first-order valence-corrected chi connectivity index (χ1v) is 8.21. The van der Waals surface area contributed by atoms with Gasteiger partial charge in [0.25, 0.3) is 0 Å². The minimum Gasteiger partial charge on any atom is -0.354 e. The first kappa shape index (κ1) is 15.5. The van der Waals surface area contributed by atoms with Crippen LogP contribution in [-0.2, 0) is 0 Å². The van der Waals surface area contributed by atoms with E-state index in [0.717, 1.165) is 39.3 Å². The van der Waals surface area contributed by atoms with E-state index in [2.05, 4.69) is 46.1 Å². The Morgan fingerprint density at radius 1 is 0.840 bits per heavy atom. The lowest BCUT2D eigenvalue weighted by Gasteiger charge is -2.04. The van der Waals surface area contributed by atoms with Crippen LogP contribution in [0.2, 0.25) is 0 Å². The zero-order chi connectivity index (χ0) is 17.6. The van der Waals surface area contributed by atoms with E-state index in [9.17, 15) is 4.39 Å². The van der Waals surface area contributed by atoms with Gasteiger partial charge < -0.3 is 4.98 Å². The Morgan fingerprint density at radius 2 is 1.56 bits per heavy atom. The molecule has 3 aromatic heterocycles. The molecule has 0 aliphatic carbocycles. The fraction of sp³-hybridized carbons (Fsp3) is 0.143. The lowest BCUT2D eigenvalue weighted by molar-refractivity contribution is 0.584. The largest absolute Gasteiger partial charge is 0.354 e.